The molecule has 0 aliphatic carbocycles. The van der Waals surface area contributed by atoms with Crippen molar-refractivity contribution in [3.63, 3.8) is 0 Å². The van der Waals surface area contributed by atoms with Crippen LogP contribution in [-0.4, -0.2) is 25.5 Å². The van der Waals surface area contributed by atoms with E-state index in [1.807, 2.05) is 12.1 Å². The van der Waals surface area contributed by atoms with Crippen LogP contribution in [0.25, 0.3) is 0 Å². The third-order valence-corrected chi connectivity index (χ3v) is 6.57. The average molecular weight is 603 g/mol. The molecular formula is C24H27Br2ClN2O4. The fraction of sp³-hybridized carbons (Fsp3) is 0.417. The summed E-state index contributed by atoms with van der Waals surface area (Å²) in [7, 11) is 0. The van der Waals surface area contributed by atoms with Gasteiger partial charge < -0.3 is 14.2 Å². The van der Waals surface area contributed by atoms with Crippen LogP contribution in [-0.2, 0) is 10.2 Å². The fourth-order valence-electron chi connectivity index (χ4n) is 3.91. The van der Waals surface area contributed by atoms with E-state index >= 15 is 0 Å². The van der Waals surface area contributed by atoms with Crippen LogP contribution in [0.15, 0.2) is 38.3 Å². The summed E-state index contributed by atoms with van der Waals surface area (Å²) >= 11 is 13.4. The zero-order chi connectivity index (χ0) is 24.4. The molecule has 33 heavy (non-hydrogen) atoms. The number of nitrogens with one attached hydrogen (secondary N) is 1. The first-order chi connectivity index (χ1) is 15.4. The second-order valence-electron chi connectivity index (χ2n) is 9.67. The summed E-state index contributed by atoms with van der Waals surface area (Å²) in [6.07, 6.45) is 2.47. The normalized spacial score (nSPS) is 13.5. The molecule has 0 saturated carbocycles. The van der Waals surface area contributed by atoms with Crippen molar-refractivity contribution in [1.82, 2.24) is 5.43 Å². The number of amides is 1. The number of hydrogen-bond donors (Lipinski definition) is 1. The lowest BCUT2D eigenvalue weighted by Crippen LogP contribution is -2.26. The van der Waals surface area contributed by atoms with E-state index in [1.54, 1.807) is 12.1 Å². The Morgan fingerprint density at radius 3 is 2.48 bits per heavy atom. The molecule has 0 bridgehead atoms. The quantitative estimate of drug-likeness (QED) is 0.279. The number of carbonyl (C=O) groups excluding carboxylic acids is 1. The molecule has 2 aromatic carbocycles. The Balaban J connectivity index is 1.61. The van der Waals surface area contributed by atoms with Crippen molar-refractivity contribution in [3.05, 3.63) is 49.4 Å². The van der Waals surface area contributed by atoms with Crippen LogP contribution in [0, 0.1) is 5.41 Å². The lowest BCUT2D eigenvalue weighted by molar-refractivity contribution is -0.123. The van der Waals surface area contributed by atoms with Gasteiger partial charge in [0.1, 0.15) is 5.75 Å². The van der Waals surface area contributed by atoms with Gasteiger partial charge >= 0.3 is 0 Å². The molecule has 1 aliphatic heterocycles. The standard InChI is InChI=1S/C24H27Br2ClN2O4/c1-23(2,3)12-24(4,5)15-8-16(25)21(17(26)9-15)31-11-19(30)29-28-10-14-6-7-18-22(20(14)27)33-13-32-18/h6-10H,11-13H2,1-5H3,(H,29,30)/b28-10+. The smallest absolute Gasteiger partial charge is 0.277 e. The zero-order valence-electron chi connectivity index (χ0n) is 19.2. The average Bonchev–Trinajstić information content (AvgIpc) is 3.17. The van der Waals surface area contributed by atoms with Crippen molar-refractivity contribution in [2.75, 3.05) is 13.4 Å². The number of hydrazone groups is 1. The number of rotatable bonds is 7. The molecule has 0 radical (unpaired) electrons. The summed E-state index contributed by atoms with van der Waals surface area (Å²) in [6.45, 7) is 11.1. The second-order valence-corrected chi connectivity index (χ2v) is 11.8. The Kier molecular flexibility index (Phi) is 8.02. The summed E-state index contributed by atoms with van der Waals surface area (Å²) in [6, 6.07) is 7.56. The summed E-state index contributed by atoms with van der Waals surface area (Å²) in [5, 5.41) is 4.33. The highest BCUT2D eigenvalue weighted by Crippen LogP contribution is 2.42. The van der Waals surface area contributed by atoms with Crippen molar-refractivity contribution < 1.29 is 19.0 Å². The minimum Gasteiger partial charge on any atom is -0.481 e. The van der Waals surface area contributed by atoms with E-state index in [2.05, 4.69) is 77.0 Å². The number of hydrogen-bond acceptors (Lipinski definition) is 5. The van der Waals surface area contributed by atoms with E-state index in [9.17, 15) is 4.79 Å². The largest absolute Gasteiger partial charge is 0.481 e. The third-order valence-electron chi connectivity index (χ3n) is 5.00. The molecule has 6 nitrogen and oxygen atoms in total. The summed E-state index contributed by atoms with van der Waals surface area (Å²) < 4.78 is 17.9. The van der Waals surface area contributed by atoms with Crippen molar-refractivity contribution in [3.8, 4) is 17.2 Å². The number of ether oxygens (including phenoxy) is 3. The van der Waals surface area contributed by atoms with Crippen molar-refractivity contribution in [1.29, 1.82) is 0 Å². The Morgan fingerprint density at radius 2 is 1.85 bits per heavy atom. The molecule has 0 spiro atoms. The first-order valence-electron chi connectivity index (χ1n) is 10.4. The fourth-order valence-corrected chi connectivity index (χ4v) is 5.59. The molecule has 0 aromatic heterocycles. The minimum atomic E-state index is -0.404. The molecule has 178 valence electrons. The van der Waals surface area contributed by atoms with Gasteiger partial charge in [-0.15, -0.1) is 0 Å². The van der Waals surface area contributed by atoms with E-state index in [0.717, 1.165) is 15.4 Å². The maximum atomic E-state index is 12.2. The summed E-state index contributed by atoms with van der Waals surface area (Å²) in [5.41, 5.74) is 4.39. The SMILES string of the molecule is CC(C)(C)CC(C)(C)c1cc(Br)c(OCC(=O)N/N=C/c2ccc3c(c2Cl)OCO3)c(Br)c1. The van der Waals surface area contributed by atoms with Gasteiger partial charge in [0.25, 0.3) is 5.91 Å². The molecule has 9 heteroatoms. The van der Waals surface area contributed by atoms with Gasteiger partial charge in [-0.1, -0.05) is 46.2 Å². The second kappa shape index (κ2) is 10.2. The highest BCUT2D eigenvalue weighted by Gasteiger charge is 2.28. The van der Waals surface area contributed by atoms with Crippen molar-refractivity contribution in [2.24, 2.45) is 10.5 Å². The summed E-state index contributed by atoms with van der Waals surface area (Å²) in [4.78, 5) is 12.2. The van der Waals surface area contributed by atoms with Gasteiger partial charge in [-0.2, -0.15) is 5.10 Å². The first kappa shape index (κ1) is 25.8. The van der Waals surface area contributed by atoms with Gasteiger partial charge in [0, 0.05) is 5.56 Å². The van der Waals surface area contributed by atoms with Crippen LogP contribution in [0.3, 0.4) is 0 Å². The van der Waals surface area contributed by atoms with E-state index in [1.165, 1.54) is 11.8 Å². The van der Waals surface area contributed by atoms with Crippen LogP contribution in [0.1, 0.15) is 52.2 Å². The molecule has 2 aromatic rings. The molecule has 0 saturated heterocycles. The van der Waals surface area contributed by atoms with E-state index < -0.39 is 5.91 Å². The van der Waals surface area contributed by atoms with E-state index in [-0.39, 0.29) is 24.2 Å². The molecule has 0 fully saturated rings. The minimum absolute atomic E-state index is 0.0239. The predicted octanol–water partition coefficient (Wildman–Crippen LogP) is 6.84. The first-order valence-corrected chi connectivity index (χ1v) is 12.4. The van der Waals surface area contributed by atoms with Gasteiger partial charge in [-0.3, -0.25) is 4.79 Å². The van der Waals surface area contributed by atoms with Crippen LogP contribution in [0.5, 0.6) is 17.2 Å². The maximum Gasteiger partial charge on any atom is 0.277 e. The van der Waals surface area contributed by atoms with Crippen LogP contribution in [0.4, 0.5) is 0 Å². The van der Waals surface area contributed by atoms with Crippen molar-refractivity contribution in [2.45, 2.75) is 46.5 Å². The molecule has 1 heterocycles. The lowest BCUT2D eigenvalue weighted by atomic mass is 9.72. The molecule has 0 unspecified atom stereocenters. The Morgan fingerprint density at radius 1 is 1.18 bits per heavy atom. The third kappa shape index (κ3) is 6.64. The van der Waals surface area contributed by atoms with Gasteiger partial charge in [0.15, 0.2) is 18.1 Å². The number of halogens is 3. The Labute approximate surface area is 216 Å². The number of fused-ring (bicyclic) bond motifs is 1. The van der Waals surface area contributed by atoms with Crippen LogP contribution < -0.4 is 19.6 Å². The monoisotopic (exact) mass is 600 g/mol. The highest BCUT2D eigenvalue weighted by molar-refractivity contribution is 9.11. The van der Waals surface area contributed by atoms with Gasteiger partial charge in [0.05, 0.1) is 20.2 Å². The predicted molar refractivity (Wildman–Crippen MR) is 138 cm³/mol. The zero-order valence-corrected chi connectivity index (χ0v) is 23.2. The summed E-state index contributed by atoms with van der Waals surface area (Å²) in [5.74, 6) is 1.21. The maximum absolute atomic E-state index is 12.2. The number of carbonyl (C=O) groups is 1. The topological polar surface area (TPSA) is 69.2 Å². The molecule has 1 N–H and O–H groups in total. The number of benzene rings is 2. The van der Waals surface area contributed by atoms with Gasteiger partial charge in [0.2, 0.25) is 6.79 Å². The van der Waals surface area contributed by atoms with Gasteiger partial charge in [-0.05, 0) is 78.9 Å². The highest BCUT2D eigenvalue weighted by atomic mass is 79.9. The molecular weight excluding hydrogens is 576 g/mol. The van der Waals surface area contributed by atoms with E-state index in [4.69, 9.17) is 25.8 Å². The van der Waals surface area contributed by atoms with Gasteiger partial charge in [-0.25, -0.2) is 5.43 Å². The molecule has 1 aliphatic rings. The van der Waals surface area contributed by atoms with Crippen LogP contribution in [0.2, 0.25) is 5.02 Å². The number of nitrogens with zero attached hydrogens (tertiary/aromatic N) is 1. The Hall–Kier alpha value is -1.77. The van der Waals surface area contributed by atoms with E-state index in [0.29, 0.717) is 27.8 Å². The molecule has 3 rings (SSSR count). The molecule has 1 amide bonds. The molecule has 0 atom stereocenters. The van der Waals surface area contributed by atoms with Crippen molar-refractivity contribution >= 4 is 55.6 Å². The Bertz CT molecular complexity index is 1060. The van der Waals surface area contributed by atoms with Crippen LogP contribution >= 0.6 is 43.5 Å². The lowest BCUT2D eigenvalue weighted by Gasteiger charge is -2.33.